The lowest BCUT2D eigenvalue weighted by atomic mass is 9.97. The van der Waals surface area contributed by atoms with Crippen molar-refractivity contribution < 1.29 is 17.6 Å². The lowest BCUT2D eigenvalue weighted by Crippen LogP contribution is -2.21. The van der Waals surface area contributed by atoms with Crippen molar-refractivity contribution in [2.24, 2.45) is 14.1 Å². The predicted molar refractivity (Wildman–Crippen MR) is 143 cm³/mol. The molecular formula is C28H25F4N7O. The molecule has 4 aromatic heterocycles. The van der Waals surface area contributed by atoms with Crippen molar-refractivity contribution in [3.05, 3.63) is 87.7 Å². The zero-order chi connectivity index (χ0) is 28.7. The molecule has 0 radical (unpaired) electrons. The van der Waals surface area contributed by atoms with Gasteiger partial charge in [-0.2, -0.15) is 5.10 Å². The summed E-state index contributed by atoms with van der Waals surface area (Å²) in [5.74, 6) is -0.311. The van der Waals surface area contributed by atoms with Gasteiger partial charge < -0.3 is 9.88 Å². The van der Waals surface area contributed by atoms with E-state index in [9.17, 15) is 22.4 Å². The summed E-state index contributed by atoms with van der Waals surface area (Å²) >= 11 is 0. The number of fused-ring (bicyclic) bond motifs is 1. The number of aromatic nitrogens is 6. The molecule has 1 atom stereocenters. The number of halogens is 4. The summed E-state index contributed by atoms with van der Waals surface area (Å²) in [6.07, 6.45) is 1.99. The minimum atomic E-state index is -2.91. The number of nitrogens with one attached hydrogen (secondary N) is 1. The van der Waals surface area contributed by atoms with Crippen LogP contribution in [-0.4, -0.2) is 36.0 Å². The maximum atomic E-state index is 14.7. The first-order valence-corrected chi connectivity index (χ1v) is 12.3. The molecule has 5 aromatic rings. The zero-order valence-corrected chi connectivity index (χ0v) is 22.1. The zero-order valence-electron chi connectivity index (χ0n) is 22.1. The van der Waals surface area contributed by atoms with Crippen molar-refractivity contribution in [2.45, 2.75) is 26.3 Å². The molecule has 1 aromatic carbocycles. The predicted octanol–water partition coefficient (Wildman–Crippen LogP) is 5.61. The molecule has 8 nitrogen and oxygen atoms in total. The molecule has 0 fully saturated rings. The highest BCUT2D eigenvalue weighted by molar-refractivity contribution is 5.89. The molecular weight excluding hydrogens is 526 g/mol. The van der Waals surface area contributed by atoms with Crippen molar-refractivity contribution in [1.82, 2.24) is 29.3 Å². The summed E-state index contributed by atoms with van der Waals surface area (Å²) in [4.78, 5) is 26.1. The molecule has 5 rings (SSSR count). The van der Waals surface area contributed by atoms with Gasteiger partial charge in [0.15, 0.2) is 5.82 Å². The second kappa shape index (κ2) is 10.5. The van der Waals surface area contributed by atoms with Gasteiger partial charge in [0.1, 0.15) is 18.2 Å². The van der Waals surface area contributed by atoms with Gasteiger partial charge in [0, 0.05) is 43.9 Å². The Hall–Kier alpha value is -4.61. The third-order valence-electron chi connectivity index (χ3n) is 6.69. The maximum absolute atomic E-state index is 14.7. The molecule has 0 aliphatic carbocycles. The van der Waals surface area contributed by atoms with Gasteiger partial charge in [-0.25, -0.2) is 32.5 Å². The van der Waals surface area contributed by atoms with Crippen molar-refractivity contribution in [2.75, 3.05) is 12.0 Å². The van der Waals surface area contributed by atoms with Crippen molar-refractivity contribution in [3.8, 4) is 22.6 Å². The van der Waals surface area contributed by atoms with Crippen LogP contribution in [-0.2, 0) is 14.1 Å². The second-order valence-corrected chi connectivity index (χ2v) is 9.48. The van der Waals surface area contributed by atoms with E-state index in [1.54, 1.807) is 43.3 Å². The first kappa shape index (κ1) is 27.0. The number of nitrogens with zero attached hydrogens (tertiary/aromatic N) is 6. The minimum absolute atomic E-state index is 0.0149. The van der Waals surface area contributed by atoms with Crippen LogP contribution in [0.2, 0.25) is 0 Å². The first-order chi connectivity index (χ1) is 19.1. The van der Waals surface area contributed by atoms with Crippen molar-refractivity contribution in [3.63, 3.8) is 0 Å². The normalized spacial score (nSPS) is 12.3. The van der Waals surface area contributed by atoms with E-state index in [0.29, 0.717) is 22.8 Å². The Morgan fingerprint density at radius 3 is 2.38 bits per heavy atom. The molecule has 1 unspecified atom stereocenters. The van der Waals surface area contributed by atoms with Gasteiger partial charge in [-0.05, 0) is 55.1 Å². The smallest absolute Gasteiger partial charge is 0.282 e. The Labute approximate surface area is 226 Å². The van der Waals surface area contributed by atoms with Gasteiger partial charge >= 0.3 is 0 Å². The quantitative estimate of drug-likeness (QED) is 0.265. The third-order valence-corrected chi connectivity index (χ3v) is 6.69. The monoisotopic (exact) mass is 551 g/mol. The Morgan fingerprint density at radius 2 is 1.75 bits per heavy atom. The fourth-order valence-corrected chi connectivity index (χ4v) is 4.74. The van der Waals surface area contributed by atoms with E-state index in [4.69, 9.17) is 0 Å². The molecule has 12 heteroatoms. The summed E-state index contributed by atoms with van der Waals surface area (Å²) in [6.45, 7) is 2.34. The lowest BCUT2D eigenvalue weighted by Gasteiger charge is -2.22. The van der Waals surface area contributed by atoms with E-state index >= 15 is 0 Å². The van der Waals surface area contributed by atoms with Crippen LogP contribution in [0, 0.1) is 19.7 Å². The molecule has 0 spiro atoms. The topological polar surface area (TPSA) is 90.5 Å². The van der Waals surface area contributed by atoms with Gasteiger partial charge in [-0.15, -0.1) is 0 Å². The van der Waals surface area contributed by atoms with E-state index in [0.717, 1.165) is 23.4 Å². The molecule has 0 saturated heterocycles. The Morgan fingerprint density at radius 1 is 1.02 bits per heavy atom. The number of rotatable bonds is 7. The number of pyridine rings is 2. The number of aryl methyl sites for hydroxylation is 3. The third kappa shape index (κ3) is 4.92. The van der Waals surface area contributed by atoms with Crippen LogP contribution in [0.25, 0.3) is 33.4 Å². The Kier molecular flexibility index (Phi) is 7.09. The summed E-state index contributed by atoms with van der Waals surface area (Å²) < 4.78 is 59.5. The van der Waals surface area contributed by atoms with Gasteiger partial charge in [0.25, 0.3) is 12.0 Å². The fourth-order valence-electron chi connectivity index (χ4n) is 4.74. The van der Waals surface area contributed by atoms with E-state index in [2.05, 4.69) is 25.4 Å². The van der Waals surface area contributed by atoms with Crippen LogP contribution >= 0.6 is 0 Å². The van der Waals surface area contributed by atoms with Gasteiger partial charge in [0.2, 0.25) is 0 Å². The number of hydrogen-bond donors (Lipinski definition) is 1. The van der Waals surface area contributed by atoms with Gasteiger partial charge in [-0.3, -0.25) is 9.48 Å². The summed E-state index contributed by atoms with van der Waals surface area (Å²) in [5.41, 5.74) is 1.72. The fraction of sp³-hybridized carbons (Fsp3) is 0.250. The summed E-state index contributed by atoms with van der Waals surface area (Å²) in [7, 11) is 3.32. The average Bonchev–Trinajstić information content (AvgIpc) is 3.27. The van der Waals surface area contributed by atoms with Crippen LogP contribution in [0.1, 0.15) is 35.1 Å². The van der Waals surface area contributed by atoms with E-state index in [-0.39, 0.29) is 22.0 Å². The van der Waals surface area contributed by atoms with Crippen LogP contribution < -0.4 is 10.9 Å². The largest absolute Gasteiger partial charge is 0.374 e. The number of alkyl halides is 3. The molecule has 4 heterocycles. The van der Waals surface area contributed by atoms with Gasteiger partial charge in [-0.1, -0.05) is 0 Å². The van der Waals surface area contributed by atoms with Gasteiger partial charge in [0.05, 0.1) is 34.1 Å². The first-order valence-electron chi connectivity index (χ1n) is 12.3. The van der Waals surface area contributed by atoms with Crippen LogP contribution in [0.5, 0.6) is 0 Å². The Balaban J connectivity index is 1.62. The van der Waals surface area contributed by atoms with E-state index < -0.39 is 36.2 Å². The highest BCUT2D eigenvalue weighted by atomic mass is 19.3. The highest BCUT2D eigenvalue weighted by Gasteiger charge is 2.23. The number of benzene rings is 1. The van der Waals surface area contributed by atoms with Crippen LogP contribution in [0.3, 0.4) is 0 Å². The summed E-state index contributed by atoms with van der Waals surface area (Å²) in [5, 5.41) is 7.32. The molecule has 1 N–H and O–H groups in total. The number of hydrogen-bond acceptors (Lipinski definition) is 6. The van der Waals surface area contributed by atoms with Crippen molar-refractivity contribution >= 4 is 16.5 Å². The van der Waals surface area contributed by atoms with Crippen molar-refractivity contribution in [1.29, 1.82) is 0 Å². The molecule has 0 aliphatic rings. The molecule has 40 heavy (non-hydrogen) atoms. The van der Waals surface area contributed by atoms with Crippen LogP contribution in [0.15, 0.2) is 53.7 Å². The van der Waals surface area contributed by atoms with E-state index in [1.165, 1.54) is 23.7 Å². The molecule has 0 bridgehead atoms. The SMILES string of the molecule is Cc1ccc(NC(CF)c2cc(F)cc3c(=O)n(C)c(-c4cnc(-c5cn(C)nc5C)nc4)cc23)c(C(F)F)n1. The number of anilines is 1. The molecule has 0 saturated carbocycles. The molecule has 206 valence electrons. The average molecular weight is 552 g/mol. The van der Waals surface area contributed by atoms with E-state index in [1.807, 2.05) is 6.92 Å². The lowest BCUT2D eigenvalue weighted by molar-refractivity contribution is 0.146. The minimum Gasteiger partial charge on any atom is -0.374 e. The second-order valence-electron chi connectivity index (χ2n) is 9.48. The molecule has 0 amide bonds. The standard InChI is InChI=1S/C28H25F4N7O/c1-14-5-6-22(25(35-14)26(31)32)36-23(10-29)19-7-17(30)8-20-18(19)9-24(39(4)28(20)40)16-11-33-27(34-12-16)21-13-38(3)37-15(21)2/h5-9,11-13,23,26,36H,10H2,1-4H3. The maximum Gasteiger partial charge on any atom is 0.282 e. The molecule has 0 aliphatic heterocycles. The summed E-state index contributed by atoms with van der Waals surface area (Å²) in [6, 6.07) is 5.43. The highest BCUT2D eigenvalue weighted by Crippen LogP contribution is 2.33. The Bertz CT molecular complexity index is 1780. The van der Waals surface area contributed by atoms with Crippen LogP contribution in [0.4, 0.5) is 23.2 Å².